The number of nitrogens with one attached hydrogen (secondary N) is 1. The van der Waals surface area contributed by atoms with Crippen LogP contribution in [0.5, 0.6) is 0 Å². The molecule has 0 bridgehead atoms. The molecule has 1 aliphatic rings. The van der Waals surface area contributed by atoms with Crippen LogP contribution in [-0.2, 0) is 9.53 Å². The van der Waals surface area contributed by atoms with Gasteiger partial charge in [0.15, 0.2) is 6.23 Å². The minimum absolute atomic E-state index is 0.0780. The summed E-state index contributed by atoms with van der Waals surface area (Å²) in [6, 6.07) is 16.6. The second kappa shape index (κ2) is 6.62. The first-order chi connectivity index (χ1) is 11.1. The molecule has 1 N–H and O–H groups in total. The summed E-state index contributed by atoms with van der Waals surface area (Å²) in [7, 11) is 0. The summed E-state index contributed by atoms with van der Waals surface area (Å²) in [5, 5.41) is 2.69. The van der Waals surface area contributed by atoms with Crippen molar-refractivity contribution in [3.05, 3.63) is 65.7 Å². The third-order valence-corrected chi connectivity index (χ3v) is 3.69. The molecule has 5 nitrogen and oxygen atoms in total. The number of carbonyl (C=O) groups is 2. The van der Waals surface area contributed by atoms with Gasteiger partial charge in [0, 0.05) is 30.3 Å². The zero-order chi connectivity index (χ0) is 16.2. The number of carbonyl (C=O) groups excluding carboxylic acids is 2. The number of rotatable bonds is 3. The highest BCUT2D eigenvalue weighted by molar-refractivity contribution is 5.95. The first-order valence-corrected chi connectivity index (χ1v) is 7.50. The van der Waals surface area contributed by atoms with E-state index in [-0.39, 0.29) is 18.0 Å². The van der Waals surface area contributed by atoms with Crippen LogP contribution in [0.15, 0.2) is 54.6 Å². The van der Waals surface area contributed by atoms with E-state index >= 15 is 0 Å². The highest BCUT2D eigenvalue weighted by Crippen LogP contribution is 2.28. The number of hydrogen-bond donors (Lipinski definition) is 1. The van der Waals surface area contributed by atoms with Gasteiger partial charge in [-0.2, -0.15) is 0 Å². The lowest BCUT2D eigenvalue weighted by Crippen LogP contribution is -2.31. The lowest BCUT2D eigenvalue weighted by atomic mass is 10.1. The van der Waals surface area contributed by atoms with Gasteiger partial charge in [-0.05, 0) is 24.3 Å². The highest BCUT2D eigenvalue weighted by atomic mass is 16.5. The summed E-state index contributed by atoms with van der Waals surface area (Å²) in [4.78, 5) is 25.5. The number of ether oxygens (including phenoxy) is 1. The van der Waals surface area contributed by atoms with Gasteiger partial charge in [0.25, 0.3) is 5.91 Å². The van der Waals surface area contributed by atoms with E-state index in [0.717, 1.165) is 5.56 Å². The maximum absolute atomic E-state index is 12.7. The summed E-state index contributed by atoms with van der Waals surface area (Å²) in [5.41, 5.74) is 2.21. The second-order valence-electron chi connectivity index (χ2n) is 5.39. The summed E-state index contributed by atoms with van der Waals surface area (Å²) in [6.07, 6.45) is -0.348. The summed E-state index contributed by atoms with van der Waals surface area (Å²) >= 11 is 0. The van der Waals surface area contributed by atoms with Crippen molar-refractivity contribution in [3.8, 4) is 0 Å². The van der Waals surface area contributed by atoms with E-state index in [0.29, 0.717) is 24.4 Å². The van der Waals surface area contributed by atoms with Crippen LogP contribution in [-0.4, -0.2) is 29.9 Å². The number of anilines is 1. The zero-order valence-corrected chi connectivity index (χ0v) is 12.9. The molecule has 1 saturated heterocycles. The van der Waals surface area contributed by atoms with E-state index in [9.17, 15) is 9.59 Å². The van der Waals surface area contributed by atoms with Gasteiger partial charge in [0.05, 0.1) is 6.61 Å². The standard InChI is InChI=1S/C18H18N2O3/c1-13(21)19-16-9-7-14(8-10-16)17(22)20-11-12-23-18(20)15-5-3-2-4-6-15/h2-10,18H,11-12H2,1H3,(H,19,21). The van der Waals surface area contributed by atoms with Gasteiger partial charge in [-0.25, -0.2) is 0 Å². The molecule has 1 aliphatic heterocycles. The van der Waals surface area contributed by atoms with Crippen molar-refractivity contribution in [1.82, 2.24) is 4.90 Å². The van der Waals surface area contributed by atoms with Crippen LogP contribution in [0, 0.1) is 0 Å². The van der Waals surface area contributed by atoms with Crippen molar-refractivity contribution in [1.29, 1.82) is 0 Å². The van der Waals surface area contributed by atoms with Crippen molar-refractivity contribution >= 4 is 17.5 Å². The van der Waals surface area contributed by atoms with E-state index in [4.69, 9.17) is 4.74 Å². The first kappa shape index (κ1) is 15.2. The minimum atomic E-state index is -0.348. The van der Waals surface area contributed by atoms with Crippen molar-refractivity contribution < 1.29 is 14.3 Å². The van der Waals surface area contributed by atoms with E-state index in [1.165, 1.54) is 6.92 Å². The molecular weight excluding hydrogens is 292 g/mol. The van der Waals surface area contributed by atoms with Crippen LogP contribution in [0.4, 0.5) is 5.69 Å². The second-order valence-corrected chi connectivity index (χ2v) is 5.39. The average molecular weight is 310 g/mol. The molecule has 0 saturated carbocycles. The normalized spacial score (nSPS) is 17.1. The highest BCUT2D eigenvalue weighted by Gasteiger charge is 2.31. The van der Waals surface area contributed by atoms with Crippen LogP contribution in [0.3, 0.4) is 0 Å². The molecule has 3 rings (SSSR count). The molecule has 2 amide bonds. The largest absolute Gasteiger partial charge is 0.352 e. The lowest BCUT2D eigenvalue weighted by Gasteiger charge is -2.23. The maximum atomic E-state index is 12.7. The van der Waals surface area contributed by atoms with Gasteiger partial charge in [-0.15, -0.1) is 0 Å². The Morgan fingerprint density at radius 1 is 1.09 bits per heavy atom. The van der Waals surface area contributed by atoms with E-state index in [2.05, 4.69) is 5.32 Å². The minimum Gasteiger partial charge on any atom is -0.352 e. The van der Waals surface area contributed by atoms with Gasteiger partial charge in [-0.1, -0.05) is 30.3 Å². The van der Waals surface area contributed by atoms with Crippen molar-refractivity contribution in [3.63, 3.8) is 0 Å². The zero-order valence-electron chi connectivity index (χ0n) is 12.9. The quantitative estimate of drug-likeness (QED) is 0.948. The van der Waals surface area contributed by atoms with Crippen molar-refractivity contribution in [2.24, 2.45) is 0 Å². The molecule has 1 unspecified atom stereocenters. The lowest BCUT2D eigenvalue weighted by molar-refractivity contribution is -0.114. The average Bonchev–Trinajstić information content (AvgIpc) is 3.05. The summed E-state index contributed by atoms with van der Waals surface area (Å²) < 4.78 is 5.72. The molecule has 2 aromatic carbocycles. The first-order valence-electron chi connectivity index (χ1n) is 7.50. The Hall–Kier alpha value is -2.66. The summed E-state index contributed by atoms with van der Waals surface area (Å²) in [5.74, 6) is -0.216. The molecule has 2 aromatic rings. The Balaban J connectivity index is 1.78. The monoisotopic (exact) mass is 310 g/mol. The molecule has 0 aliphatic carbocycles. The fraction of sp³-hybridized carbons (Fsp3) is 0.222. The topological polar surface area (TPSA) is 58.6 Å². The van der Waals surface area contributed by atoms with Crippen LogP contribution < -0.4 is 5.32 Å². The Bertz CT molecular complexity index is 698. The molecule has 0 radical (unpaired) electrons. The smallest absolute Gasteiger partial charge is 0.256 e. The fourth-order valence-electron chi connectivity index (χ4n) is 2.64. The van der Waals surface area contributed by atoms with Gasteiger partial charge in [0.1, 0.15) is 0 Å². The maximum Gasteiger partial charge on any atom is 0.256 e. The predicted molar refractivity (Wildman–Crippen MR) is 86.9 cm³/mol. The molecule has 1 atom stereocenters. The van der Waals surface area contributed by atoms with Crippen LogP contribution in [0.1, 0.15) is 29.1 Å². The molecule has 0 spiro atoms. The van der Waals surface area contributed by atoms with Crippen LogP contribution in [0.25, 0.3) is 0 Å². The number of amides is 2. The molecule has 1 heterocycles. The fourth-order valence-corrected chi connectivity index (χ4v) is 2.64. The Morgan fingerprint density at radius 3 is 2.43 bits per heavy atom. The van der Waals surface area contributed by atoms with E-state index < -0.39 is 0 Å². The van der Waals surface area contributed by atoms with Gasteiger partial charge in [-0.3, -0.25) is 9.59 Å². The molecule has 0 aromatic heterocycles. The van der Waals surface area contributed by atoms with Crippen molar-refractivity contribution in [2.75, 3.05) is 18.5 Å². The molecule has 23 heavy (non-hydrogen) atoms. The van der Waals surface area contributed by atoms with Gasteiger partial charge in [0.2, 0.25) is 5.91 Å². The Kier molecular flexibility index (Phi) is 4.39. The SMILES string of the molecule is CC(=O)Nc1ccc(C(=O)N2CCOC2c2ccccc2)cc1. The molecule has 118 valence electrons. The third-order valence-electron chi connectivity index (χ3n) is 3.69. The number of nitrogens with zero attached hydrogens (tertiary/aromatic N) is 1. The molecule has 5 heteroatoms. The van der Waals surface area contributed by atoms with Gasteiger partial charge >= 0.3 is 0 Å². The Labute approximate surface area is 134 Å². The summed E-state index contributed by atoms with van der Waals surface area (Å²) in [6.45, 7) is 2.53. The van der Waals surface area contributed by atoms with E-state index in [1.54, 1.807) is 29.2 Å². The van der Waals surface area contributed by atoms with Crippen LogP contribution in [0.2, 0.25) is 0 Å². The number of hydrogen-bond acceptors (Lipinski definition) is 3. The van der Waals surface area contributed by atoms with Gasteiger partial charge < -0.3 is 15.0 Å². The molecular formula is C18H18N2O3. The Morgan fingerprint density at radius 2 is 1.78 bits per heavy atom. The number of benzene rings is 2. The third kappa shape index (κ3) is 3.40. The van der Waals surface area contributed by atoms with E-state index in [1.807, 2.05) is 30.3 Å². The van der Waals surface area contributed by atoms with Crippen molar-refractivity contribution in [2.45, 2.75) is 13.2 Å². The predicted octanol–water partition coefficient (Wildman–Crippen LogP) is 2.82. The van der Waals surface area contributed by atoms with Crippen LogP contribution >= 0.6 is 0 Å². The molecule has 1 fully saturated rings.